The highest BCUT2D eigenvalue weighted by atomic mass is 15.1. The summed E-state index contributed by atoms with van der Waals surface area (Å²) in [7, 11) is 13.7. The quantitative estimate of drug-likeness (QED) is 0.426. The van der Waals surface area contributed by atoms with Crippen molar-refractivity contribution in [3.05, 3.63) is 0 Å². The van der Waals surface area contributed by atoms with Gasteiger partial charge in [0.2, 0.25) is 14.8 Å². The zero-order valence-electron chi connectivity index (χ0n) is 12.2. The monoisotopic (exact) mass is 234 g/mol. The Labute approximate surface area is 110 Å². The van der Waals surface area contributed by atoms with E-state index in [0.717, 1.165) is 0 Å². The topological polar surface area (TPSA) is 13.0 Å². The van der Waals surface area contributed by atoms with Gasteiger partial charge in [0, 0.05) is 0 Å². The minimum Gasteiger partial charge on any atom is -0.353 e. The second-order valence-corrected chi connectivity index (χ2v) is 5.57. The molecule has 1 saturated heterocycles. The van der Waals surface area contributed by atoms with Gasteiger partial charge in [-0.1, -0.05) is 6.22 Å². The van der Waals surface area contributed by atoms with Crippen LogP contribution in [0, 0.1) is 0 Å². The molecule has 0 aromatic heterocycles. The summed E-state index contributed by atoms with van der Waals surface area (Å²) in [6.07, 6.45) is 3.65. The van der Waals surface area contributed by atoms with E-state index in [0.29, 0.717) is 0 Å². The maximum atomic E-state index is 2.45. The smallest absolute Gasteiger partial charge is 0.217 e. The minimum atomic E-state index is 1.17. The van der Waals surface area contributed by atoms with Gasteiger partial charge < -0.3 is 19.2 Å². The zero-order valence-corrected chi connectivity index (χ0v) is 12.2. The van der Waals surface area contributed by atoms with Crippen LogP contribution >= 0.6 is 0 Å². The minimum absolute atomic E-state index is 1.17. The lowest BCUT2D eigenvalue weighted by molar-refractivity contribution is 0.428. The van der Waals surface area contributed by atoms with Crippen LogP contribution in [-0.4, -0.2) is 103 Å². The Hall–Kier alpha value is 0.0997. The number of nitrogens with zero attached hydrogens (tertiary/aromatic N) is 4. The van der Waals surface area contributed by atoms with E-state index in [1.807, 2.05) is 0 Å². The molecule has 0 radical (unpaired) electrons. The van der Waals surface area contributed by atoms with Gasteiger partial charge in [-0.2, -0.15) is 0 Å². The highest BCUT2D eigenvalue weighted by Gasteiger charge is 2.11. The standard InChI is InChI=1S/C9H26B4N4/c1-14-5-6-15(2)13-9-17(4)11-7-10-16(3)8-12-14/h10-13H,5-9H2,1-4H3. The highest BCUT2D eigenvalue weighted by molar-refractivity contribution is 6.54. The van der Waals surface area contributed by atoms with Crippen LogP contribution in [0.25, 0.3) is 0 Å². The molecule has 0 amide bonds. The number of likely N-dealkylation sites (N-methyl/N-ethyl adjacent to an activating group) is 2. The van der Waals surface area contributed by atoms with Crippen LogP contribution in [0.2, 0.25) is 6.22 Å². The molecule has 17 heavy (non-hydrogen) atoms. The Balaban J connectivity index is 2.39. The SMILES string of the molecule is CN1BCBN(C)CBN(C)CCN(C)BC1. The van der Waals surface area contributed by atoms with Crippen LogP contribution in [0.3, 0.4) is 0 Å². The summed E-state index contributed by atoms with van der Waals surface area (Å²) in [5.41, 5.74) is 0. The maximum absolute atomic E-state index is 2.45. The van der Waals surface area contributed by atoms with Gasteiger partial charge in [-0.25, -0.2) is 0 Å². The van der Waals surface area contributed by atoms with Crippen molar-refractivity contribution in [2.24, 2.45) is 0 Å². The normalized spacial score (nSPS) is 24.2. The van der Waals surface area contributed by atoms with Crippen molar-refractivity contribution >= 4 is 29.7 Å². The Morgan fingerprint density at radius 2 is 1.00 bits per heavy atom. The third-order valence-corrected chi connectivity index (χ3v) is 3.67. The molecule has 0 unspecified atom stereocenters. The number of rotatable bonds is 0. The van der Waals surface area contributed by atoms with Gasteiger partial charge in [0.05, 0.1) is 0 Å². The first-order valence-electron chi connectivity index (χ1n) is 6.82. The van der Waals surface area contributed by atoms with Crippen molar-refractivity contribution in [1.82, 2.24) is 19.2 Å². The van der Waals surface area contributed by atoms with Crippen LogP contribution in [0.15, 0.2) is 0 Å². The highest BCUT2D eigenvalue weighted by Crippen LogP contribution is 1.92. The summed E-state index contributed by atoms with van der Waals surface area (Å²) in [6.45, 7) is 2.35. The summed E-state index contributed by atoms with van der Waals surface area (Å²) in [5, 5.41) is 0. The first kappa shape index (κ1) is 15.2. The predicted molar refractivity (Wildman–Crippen MR) is 83.9 cm³/mol. The van der Waals surface area contributed by atoms with Crippen molar-refractivity contribution in [3.63, 3.8) is 0 Å². The van der Waals surface area contributed by atoms with Gasteiger partial charge in [-0.3, -0.25) is 0 Å². The third-order valence-electron chi connectivity index (χ3n) is 3.67. The Morgan fingerprint density at radius 3 is 1.41 bits per heavy atom. The fraction of sp³-hybridized carbons (Fsp3) is 1.00. The number of hydrogen-bond acceptors (Lipinski definition) is 4. The van der Waals surface area contributed by atoms with Crippen molar-refractivity contribution < 1.29 is 0 Å². The summed E-state index contributed by atoms with van der Waals surface area (Å²) in [4.78, 5) is 9.78. The zero-order chi connectivity index (χ0) is 12.7. The van der Waals surface area contributed by atoms with E-state index < -0.39 is 0 Å². The van der Waals surface area contributed by atoms with Gasteiger partial charge in [0.15, 0.2) is 14.8 Å². The summed E-state index contributed by atoms with van der Waals surface area (Å²) >= 11 is 0. The lowest BCUT2D eigenvalue weighted by atomic mass is 9.65. The molecule has 0 bridgehead atoms. The fourth-order valence-corrected chi connectivity index (χ4v) is 2.08. The molecule has 1 heterocycles. The van der Waals surface area contributed by atoms with Crippen LogP contribution < -0.4 is 0 Å². The Bertz CT molecular complexity index is 189. The Morgan fingerprint density at radius 1 is 0.588 bits per heavy atom. The largest absolute Gasteiger partial charge is 0.353 e. The van der Waals surface area contributed by atoms with E-state index in [1.165, 1.54) is 61.9 Å². The van der Waals surface area contributed by atoms with E-state index in [2.05, 4.69) is 47.4 Å². The van der Waals surface area contributed by atoms with E-state index in [-0.39, 0.29) is 0 Å². The molecule has 1 fully saturated rings. The van der Waals surface area contributed by atoms with E-state index in [4.69, 9.17) is 0 Å². The van der Waals surface area contributed by atoms with E-state index >= 15 is 0 Å². The first-order valence-corrected chi connectivity index (χ1v) is 6.82. The average Bonchev–Trinajstić information content (AvgIpc) is 2.31. The Kier molecular flexibility index (Phi) is 7.35. The molecule has 0 atom stereocenters. The van der Waals surface area contributed by atoms with Crippen LogP contribution in [0.5, 0.6) is 0 Å². The molecule has 0 saturated carbocycles. The maximum Gasteiger partial charge on any atom is 0.217 e. The van der Waals surface area contributed by atoms with E-state index in [1.54, 1.807) is 0 Å². The van der Waals surface area contributed by atoms with Crippen LogP contribution in [-0.2, 0) is 0 Å². The molecule has 1 aliphatic heterocycles. The first-order chi connectivity index (χ1) is 8.08. The van der Waals surface area contributed by atoms with Crippen molar-refractivity contribution in [1.29, 1.82) is 0 Å². The third kappa shape index (κ3) is 7.19. The second kappa shape index (κ2) is 8.25. The molecular formula is C9H26B4N4. The van der Waals surface area contributed by atoms with Crippen molar-refractivity contribution in [3.8, 4) is 0 Å². The lowest BCUT2D eigenvalue weighted by Crippen LogP contribution is -2.40. The molecule has 1 aliphatic rings. The average molecular weight is 234 g/mol. The van der Waals surface area contributed by atoms with Crippen LogP contribution in [0.4, 0.5) is 0 Å². The van der Waals surface area contributed by atoms with Gasteiger partial charge in [0.1, 0.15) is 0 Å². The fourth-order valence-electron chi connectivity index (χ4n) is 2.08. The van der Waals surface area contributed by atoms with Gasteiger partial charge in [-0.05, 0) is 54.2 Å². The predicted octanol–water partition coefficient (Wildman–Crippen LogP) is -2.58. The van der Waals surface area contributed by atoms with E-state index in [9.17, 15) is 0 Å². The second-order valence-electron chi connectivity index (χ2n) is 5.57. The summed E-state index contributed by atoms with van der Waals surface area (Å²) in [6, 6.07) is 0. The molecule has 0 aromatic carbocycles. The summed E-state index contributed by atoms with van der Waals surface area (Å²) < 4.78 is 0. The number of hydrogen-bond donors (Lipinski definition) is 0. The lowest BCUT2D eigenvalue weighted by Gasteiger charge is -2.23. The molecule has 4 nitrogen and oxygen atoms in total. The van der Waals surface area contributed by atoms with Gasteiger partial charge >= 0.3 is 0 Å². The molecule has 1 rings (SSSR count). The molecule has 8 heteroatoms. The molecule has 94 valence electrons. The van der Waals surface area contributed by atoms with Crippen molar-refractivity contribution in [2.75, 3.05) is 54.2 Å². The summed E-state index contributed by atoms with van der Waals surface area (Å²) in [5.74, 6) is 0. The van der Waals surface area contributed by atoms with Crippen molar-refractivity contribution in [2.45, 2.75) is 6.22 Å². The molecule has 0 aromatic rings. The molecular weight excluding hydrogens is 207 g/mol. The molecule has 0 aliphatic carbocycles. The van der Waals surface area contributed by atoms with Gasteiger partial charge in [0.25, 0.3) is 0 Å². The van der Waals surface area contributed by atoms with Crippen LogP contribution in [0.1, 0.15) is 0 Å². The molecule has 0 N–H and O–H groups in total. The van der Waals surface area contributed by atoms with Gasteiger partial charge in [-0.15, -0.1) is 0 Å². The molecule has 0 spiro atoms.